The average molecular weight is 484 g/mol. The Bertz CT molecular complexity index is 1320. The molecule has 186 valence electrons. The van der Waals surface area contributed by atoms with Crippen molar-refractivity contribution < 1.29 is 9.66 Å². The minimum absolute atomic E-state index is 0.0110. The van der Waals surface area contributed by atoms with Crippen LogP contribution in [0.4, 0.5) is 11.4 Å². The van der Waals surface area contributed by atoms with E-state index in [1.54, 1.807) is 6.07 Å². The highest BCUT2D eigenvalue weighted by Gasteiger charge is 2.51. The van der Waals surface area contributed by atoms with Crippen LogP contribution >= 0.6 is 0 Å². The lowest BCUT2D eigenvalue weighted by atomic mass is 9.48. The van der Waals surface area contributed by atoms with Crippen LogP contribution in [0.3, 0.4) is 0 Å². The van der Waals surface area contributed by atoms with E-state index in [1.165, 1.54) is 63.3 Å². The summed E-state index contributed by atoms with van der Waals surface area (Å²) in [4.78, 5) is 15.6. The number of nitro benzene ring substituents is 1. The second kappa shape index (κ2) is 8.61. The van der Waals surface area contributed by atoms with Crippen LogP contribution in [-0.4, -0.2) is 22.8 Å². The number of aromatic nitrogens is 1. The van der Waals surface area contributed by atoms with Crippen LogP contribution in [0, 0.1) is 41.7 Å². The van der Waals surface area contributed by atoms with E-state index in [1.807, 2.05) is 20.1 Å². The van der Waals surface area contributed by atoms with Gasteiger partial charge in [0.25, 0.3) is 5.69 Å². The lowest BCUT2D eigenvalue weighted by Gasteiger charge is -2.57. The van der Waals surface area contributed by atoms with Crippen LogP contribution in [-0.2, 0) is 5.41 Å². The fraction of sp³-hybridized carbons (Fsp3) is 0.433. The third-order valence-corrected chi connectivity index (χ3v) is 8.96. The Morgan fingerprint density at radius 2 is 1.64 bits per heavy atom. The van der Waals surface area contributed by atoms with Crippen LogP contribution in [0.2, 0.25) is 0 Å². The van der Waals surface area contributed by atoms with Gasteiger partial charge in [-0.3, -0.25) is 15.1 Å². The van der Waals surface area contributed by atoms with Gasteiger partial charge in [0.2, 0.25) is 0 Å². The lowest BCUT2D eigenvalue weighted by Crippen LogP contribution is -2.48. The van der Waals surface area contributed by atoms with Gasteiger partial charge in [-0.05, 0) is 105 Å². The van der Waals surface area contributed by atoms with E-state index >= 15 is 0 Å². The monoisotopic (exact) mass is 483 g/mol. The van der Waals surface area contributed by atoms with Gasteiger partial charge in [0.05, 0.1) is 29.5 Å². The van der Waals surface area contributed by atoms with Gasteiger partial charge in [-0.2, -0.15) is 0 Å². The molecule has 4 saturated carbocycles. The maximum Gasteiger partial charge on any atom is 0.273 e. The number of nitrogens with zero attached hydrogens (tertiary/aromatic N) is 3. The number of hydrogen-bond donors (Lipinski definition) is 0. The number of nitro groups is 1. The molecule has 0 saturated heterocycles. The van der Waals surface area contributed by atoms with Crippen molar-refractivity contribution in [2.75, 3.05) is 7.11 Å². The normalized spacial score (nSPS) is 26.6. The maximum absolute atomic E-state index is 11.2. The van der Waals surface area contributed by atoms with Gasteiger partial charge in [-0.25, -0.2) is 0 Å². The van der Waals surface area contributed by atoms with Crippen LogP contribution < -0.4 is 4.74 Å². The fourth-order valence-electron chi connectivity index (χ4n) is 7.76. The molecule has 0 unspecified atom stereocenters. The van der Waals surface area contributed by atoms with Gasteiger partial charge in [0.1, 0.15) is 5.75 Å². The highest BCUT2D eigenvalue weighted by Crippen LogP contribution is 2.60. The highest BCUT2D eigenvalue weighted by molar-refractivity contribution is 5.84. The second-order valence-corrected chi connectivity index (χ2v) is 11.3. The summed E-state index contributed by atoms with van der Waals surface area (Å²) in [5.74, 6) is 3.30. The Morgan fingerprint density at radius 3 is 2.22 bits per heavy atom. The van der Waals surface area contributed by atoms with Gasteiger partial charge in [-0.1, -0.05) is 12.1 Å². The Morgan fingerprint density at radius 1 is 1.00 bits per heavy atom. The van der Waals surface area contributed by atoms with Crippen LogP contribution in [0.15, 0.2) is 53.5 Å². The summed E-state index contributed by atoms with van der Waals surface area (Å²) >= 11 is 0. The molecule has 0 radical (unpaired) electrons. The Balaban J connectivity index is 1.25. The molecule has 0 amide bonds. The molecule has 0 N–H and O–H groups in total. The minimum atomic E-state index is -0.408. The lowest BCUT2D eigenvalue weighted by molar-refractivity contribution is -0.384. The van der Waals surface area contributed by atoms with Crippen molar-refractivity contribution in [2.24, 2.45) is 22.7 Å². The first-order valence-corrected chi connectivity index (χ1v) is 13.0. The number of aliphatic imine (C=N–C) groups is 1. The Labute approximate surface area is 212 Å². The molecule has 4 bridgehead atoms. The van der Waals surface area contributed by atoms with Gasteiger partial charge < -0.3 is 9.30 Å². The van der Waals surface area contributed by atoms with Crippen molar-refractivity contribution >= 4 is 17.6 Å². The van der Waals surface area contributed by atoms with Crippen molar-refractivity contribution in [1.82, 2.24) is 4.57 Å². The van der Waals surface area contributed by atoms with E-state index in [2.05, 4.69) is 34.9 Å². The Kier molecular flexibility index (Phi) is 5.51. The molecule has 4 aliphatic carbocycles. The van der Waals surface area contributed by atoms with Crippen LogP contribution in [0.1, 0.15) is 61.0 Å². The molecule has 1 heterocycles. The third kappa shape index (κ3) is 3.83. The summed E-state index contributed by atoms with van der Waals surface area (Å²) in [6.45, 7) is 4.05. The zero-order valence-electron chi connectivity index (χ0n) is 21.2. The quantitative estimate of drug-likeness (QED) is 0.211. The molecule has 0 aliphatic heterocycles. The van der Waals surface area contributed by atoms with E-state index in [0.29, 0.717) is 11.2 Å². The third-order valence-electron chi connectivity index (χ3n) is 8.96. The van der Waals surface area contributed by atoms with Crippen LogP contribution in [0.25, 0.3) is 5.69 Å². The number of benzene rings is 2. The van der Waals surface area contributed by atoms with Gasteiger partial charge in [0.15, 0.2) is 0 Å². The minimum Gasteiger partial charge on any atom is -0.494 e. The average Bonchev–Trinajstić information content (AvgIpc) is 3.14. The summed E-state index contributed by atoms with van der Waals surface area (Å²) < 4.78 is 7.53. The SMILES string of the molecule is COc1cc([N+](=O)[O-])ccc1-n1c(C)cc(C=Nc2ccc(C34CC5CC(CC(C5)C3)C4)cc2)c1C. The van der Waals surface area contributed by atoms with E-state index in [-0.39, 0.29) is 5.69 Å². The topological polar surface area (TPSA) is 69.7 Å². The Hall–Kier alpha value is -3.41. The summed E-state index contributed by atoms with van der Waals surface area (Å²) in [5.41, 5.74) is 6.70. The summed E-state index contributed by atoms with van der Waals surface area (Å²) in [5, 5.41) is 11.2. The molecule has 7 rings (SSSR count). The summed E-state index contributed by atoms with van der Waals surface area (Å²) in [6, 6.07) is 15.8. The molecular weight excluding hydrogens is 450 g/mol. The zero-order chi connectivity index (χ0) is 25.0. The number of methoxy groups -OCH3 is 1. The molecule has 3 aromatic rings. The second-order valence-electron chi connectivity index (χ2n) is 11.3. The molecule has 6 heteroatoms. The van der Waals surface area contributed by atoms with Gasteiger partial charge in [0, 0.05) is 29.2 Å². The van der Waals surface area contributed by atoms with Gasteiger partial charge >= 0.3 is 0 Å². The molecular formula is C30H33N3O3. The predicted octanol–water partition coefficient (Wildman–Crippen LogP) is 7.23. The highest BCUT2D eigenvalue weighted by atomic mass is 16.6. The molecule has 6 nitrogen and oxygen atoms in total. The van der Waals surface area contributed by atoms with Crippen molar-refractivity contribution in [1.29, 1.82) is 0 Å². The first-order chi connectivity index (χ1) is 17.3. The van der Waals surface area contributed by atoms with Crippen molar-refractivity contribution in [2.45, 2.75) is 57.8 Å². The van der Waals surface area contributed by atoms with E-state index in [0.717, 1.165) is 46.1 Å². The largest absolute Gasteiger partial charge is 0.494 e. The van der Waals surface area contributed by atoms with Crippen molar-refractivity contribution in [3.05, 3.63) is 81.2 Å². The predicted molar refractivity (Wildman–Crippen MR) is 142 cm³/mol. The number of hydrogen-bond acceptors (Lipinski definition) is 4. The van der Waals surface area contributed by atoms with E-state index < -0.39 is 4.92 Å². The number of ether oxygens (including phenoxy) is 1. The molecule has 36 heavy (non-hydrogen) atoms. The smallest absolute Gasteiger partial charge is 0.273 e. The molecule has 1 aromatic heterocycles. The van der Waals surface area contributed by atoms with Crippen molar-refractivity contribution in [3.63, 3.8) is 0 Å². The van der Waals surface area contributed by atoms with E-state index in [9.17, 15) is 10.1 Å². The fourth-order valence-corrected chi connectivity index (χ4v) is 7.76. The first kappa shape index (κ1) is 23.0. The zero-order valence-corrected chi connectivity index (χ0v) is 21.2. The number of rotatable bonds is 6. The van der Waals surface area contributed by atoms with E-state index in [4.69, 9.17) is 9.73 Å². The first-order valence-electron chi connectivity index (χ1n) is 13.0. The van der Waals surface area contributed by atoms with Crippen molar-refractivity contribution in [3.8, 4) is 11.4 Å². The molecule has 4 aliphatic rings. The standard InChI is InChI=1S/C30H33N3O3/c1-19-10-24(20(2)32(19)28-9-8-27(33(34)35)14-29(28)36-3)18-31-26-6-4-25(5-7-26)30-15-21-11-22(16-30)13-23(12-21)17-30/h4-10,14,18,21-23H,11-13,15-17H2,1-3H3. The molecule has 0 spiro atoms. The summed E-state index contributed by atoms with van der Waals surface area (Å²) in [7, 11) is 1.53. The summed E-state index contributed by atoms with van der Waals surface area (Å²) in [6.07, 6.45) is 10.4. The van der Waals surface area contributed by atoms with Gasteiger partial charge in [-0.15, -0.1) is 0 Å². The van der Waals surface area contributed by atoms with Crippen LogP contribution in [0.5, 0.6) is 5.75 Å². The number of aryl methyl sites for hydroxylation is 1. The number of non-ortho nitro benzene ring substituents is 1. The molecule has 2 aromatic carbocycles. The molecule has 0 atom stereocenters. The molecule has 4 fully saturated rings. The maximum atomic E-state index is 11.2.